The minimum absolute atomic E-state index is 0.368. The SMILES string of the molecule is CCC(Oc1ccc(Cl)c(I)c1)C(=O)OC. The Labute approximate surface area is 113 Å². The standard InChI is InChI=1S/C11H12ClIO3/c1-3-10(11(14)15-2)16-7-4-5-8(12)9(13)6-7/h4-6,10H,3H2,1-2H3. The lowest BCUT2D eigenvalue weighted by atomic mass is 10.2. The largest absolute Gasteiger partial charge is 0.479 e. The topological polar surface area (TPSA) is 35.5 Å². The molecule has 0 aliphatic carbocycles. The van der Waals surface area contributed by atoms with Crippen molar-refractivity contribution in [1.29, 1.82) is 0 Å². The highest BCUT2D eigenvalue weighted by Crippen LogP contribution is 2.24. The van der Waals surface area contributed by atoms with Crippen molar-refractivity contribution in [3.05, 3.63) is 26.8 Å². The first-order chi connectivity index (χ1) is 7.58. The summed E-state index contributed by atoms with van der Waals surface area (Å²) in [5.74, 6) is 0.249. The number of rotatable bonds is 4. The third-order valence-corrected chi connectivity index (χ3v) is 3.55. The van der Waals surface area contributed by atoms with E-state index in [0.717, 1.165) is 3.57 Å². The molecule has 0 bridgehead atoms. The molecule has 1 unspecified atom stereocenters. The fourth-order valence-electron chi connectivity index (χ4n) is 1.14. The molecule has 0 aliphatic heterocycles. The highest BCUT2D eigenvalue weighted by atomic mass is 127. The van der Waals surface area contributed by atoms with Gasteiger partial charge in [0.2, 0.25) is 0 Å². The van der Waals surface area contributed by atoms with Crippen molar-refractivity contribution in [2.45, 2.75) is 19.4 Å². The van der Waals surface area contributed by atoms with Crippen LogP contribution in [0.4, 0.5) is 0 Å². The van der Waals surface area contributed by atoms with Crippen molar-refractivity contribution in [2.75, 3.05) is 7.11 Å². The molecule has 0 fully saturated rings. The van der Waals surface area contributed by atoms with Crippen LogP contribution < -0.4 is 4.74 Å². The van der Waals surface area contributed by atoms with Gasteiger partial charge in [-0.3, -0.25) is 0 Å². The summed E-state index contributed by atoms with van der Waals surface area (Å²) < 4.78 is 11.0. The molecule has 0 N–H and O–H groups in total. The second-order valence-corrected chi connectivity index (χ2v) is 4.68. The minimum atomic E-state index is -0.568. The van der Waals surface area contributed by atoms with Crippen LogP contribution in [0.3, 0.4) is 0 Å². The van der Waals surface area contributed by atoms with Gasteiger partial charge in [-0.1, -0.05) is 18.5 Å². The summed E-state index contributed by atoms with van der Waals surface area (Å²) in [6.07, 6.45) is -0.00623. The average Bonchev–Trinajstić information content (AvgIpc) is 2.29. The van der Waals surface area contributed by atoms with Gasteiger partial charge in [-0.05, 0) is 47.2 Å². The molecule has 3 nitrogen and oxygen atoms in total. The fourth-order valence-corrected chi connectivity index (χ4v) is 1.75. The van der Waals surface area contributed by atoms with Gasteiger partial charge < -0.3 is 9.47 Å². The summed E-state index contributed by atoms with van der Waals surface area (Å²) in [4.78, 5) is 11.3. The molecule has 0 spiro atoms. The van der Waals surface area contributed by atoms with Crippen molar-refractivity contribution in [2.24, 2.45) is 0 Å². The molecule has 0 saturated heterocycles. The molecular formula is C11H12ClIO3. The first-order valence-corrected chi connectivity index (χ1v) is 6.23. The number of ether oxygens (including phenoxy) is 2. The Morgan fingerprint density at radius 1 is 1.56 bits per heavy atom. The molecule has 1 aromatic carbocycles. The van der Waals surface area contributed by atoms with E-state index in [9.17, 15) is 4.79 Å². The Morgan fingerprint density at radius 2 is 2.25 bits per heavy atom. The predicted molar refractivity (Wildman–Crippen MR) is 70.9 cm³/mol. The maximum Gasteiger partial charge on any atom is 0.347 e. The van der Waals surface area contributed by atoms with Gasteiger partial charge in [-0.15, -0.1) is 0 Å². The molecule has 5 heteroatoms. The third kappa shape index (κ3) is 3.52. The van der Waals surface area contributed by atoms with Gasteiger partial charge in [-0.2, -0.15) is 0 Å². The van der Waals surface area contributed by atoms with Gasteiger partial charge in [0.15, 0.2) is 6.10 Å². The number of carbonyl (C=O) groups excluding carboxylic acids is 1. The molecule has 16 heavy (non-hydrogen) atoms. The molecule has 0 heterocycles. The Hall–Kier alpha value is -0.490. The average molecular weight is 355 g/mol. The van der Waals surface area contributed by atoms with Crippen LogP contribution in [-0.2, 0) is 9.53 Å². The van der Waals surface area contributed by atoms with E-state index in [1.807, 2.05) is 6.92 Å². The first-order valence-electron chi connectivity index (χ1n) is 4.78. The summed E-state index contributed by atoms with van der Waals surface area (Å²) in [6, 6.07) is 5.26. The lowest BCUT2D eigenvalue weighted by Gasteiger charge is -2.15. The van der Waals surface area contributed by atoms with Gasteiger partial charge >= 0.3 is 5.97 Å². The number of benzene rings is 1. The Kier molecular flexibility index (Phi) is 5.34. The van der Waals surface area contributed by atoms with Crippen LogP contribution >= 0.6 is 34.2 Å². The van der Waals surface area contributed by atoms with Crippen LogP contribution in [0.15, 0.2) is 18.2 Å². The van der Waals surface area contributed by atoms with Crippen molar-refractivity contribution >= 4 is 40.2 Å². The molecule has 0 aromatic heterocycles. The number of esters is 1. The monoisotopic (exact) mass is 354 g/mol. The van der Waals surface area contributed by atoms with Gasteiger partial charge in [0, 0.05) is 3.57 Å². The number of hydrogen-bond donors (Lipinski definition) is 0. The van der Waals surface area contributed by atoms with Gasteiger partial charge in [-0.25, -0.2) is 4.79 Å². The van der Waals surface area contributed by atoms with E-state index in [-0.39, 0.29) is 5.97 Å². The molecular weight excluding hydrogens is 342 g/mol. The first kappa shape index (κ1) is 13.6. The zero-order valence-corrected chi connectivity index (χ0v) is 11.9. The highest BCUT2D eigenvalue weighted by molar-refractivity contribution is 14.1. The van der Waals surface area contributed by atoms with Crippen LogP contribution in [0.2, 0.25) is 5.02 Å². The van der Waals surface area contributed by atoms with Crippen LogP contribution in [0.5, 0.6) is 5.75 Å². The summed E-state index contributed by atoms with van der Waals surface area (Å²) >= 11 is 7.99. The third-order valence-electron chi connectivity index (χ3n) is 2.00. The fraction of sp³-hybridized carbons (Fsp3) is 0.364. The number of hydrogen-bond acceptors (Lipinski definition) is 3. The van der Waals surface area contributed by atoms with Crippen LogP contribution in [0.1, 0.15) is 13.3 Å². The smallest absolute Gasteiger partial charge is 0.347 e. The highest BCUT2D eigenvalue weighted by Gasteiger charge is 2.18. The summed E-state index contributed by atoms with van der Waals surface area (Å²) in [5.41, 5.74) is 0. The van der Waals surface area contributed by atoms with Gasteiger partial charge in [0.1, 0.15) is 5.75 Å². The van der Waals surface area contributed by atoms with Crippen molar-refractivity contribution in [1.82, 2.24) is 0 Å². The van der Waals surface area contributed by atoms with Crippen molar-refractivity contribution in [3.8, 4) is 5.75 Å². The molecule has 0 amide bonds. The van der Waals surface area contributed by atoms with Crippen LogP contribution in [0, 0.1) is 3.57 Å². The Morgan fingerprint density at radius 3 is 2.75 bits per heavy atom. The second kappa shape index (κ2) is 6.30. The van der Waals surface area contributed by atoms with Crippen LogP contribution in [0.25, 0.3) is 0 Å². The summed E-state index contributed by atoms with van der Waals surface area (Å²) in [6.45, 7) is 1.86. The number of carbonyl (C=O) groups is 1. The van der Waals surface area contributed by atoms with Gasteiger partial charge in [0.05, 0.1) is 12.1 Å². The van der Waals surface area contributed by atoms with E-state index in [4.69, 9.17) is 16.3 Å². The van der Waals surface area contributed by atoms with E-state index < -0.39 is 6.10 Å². The maximum absolute atomic E-state index is 11.3. The molecule has 0 saturated carbocycles. The number of methoxy groups -OCH3 is 1. The molecule has 1 atom stereocenters. The molecule has 1 aromatic rings. The normalized spacial score (nSPS) is 12.0. The lowest BCUT2D eigenvalue weighted by molar-refractivity contribution is -0.148. The zero-order valence-electron chi connectivity index (χ0n) is 9.00. The predicted octanol–water partition coefficient (Wildman–Crippen LogP) is 3.28. The molecule has 88 valence electrons. The zero-order chi connectivity index (χ0) is 12.1. The van der Waals surface area contributed by atoms with E-state index >= 15 is 0 Å². The summed E-state index contributed by atoms with van der Waals surface area (Å²) in [7, 11) is 1.35. The second-order valence-electron chi connectivity index (χ2n) is 3.11. The maximum atomic E-state index is 11.3. The van der Waals surface area contributed by atoms with E-state index in [2.05, 4.69) is 27.3 Å². The number of halogens is 2. The van der Waals surface area contributed by atoms with E-state index in [0.29, 0.717) is 17.2 Å². The Balaban J connectivity index is 2.78. The van der Waals surface area contributed by atoms with E-state index in [1.54, 1.807) is 18.2 Å². The van der Waals surface area contributed by atoms with E-state index in [1.165, 1.54) is 7.11 Å². The minimum Gasteiger partial charge on any atom is -0.479 e. The Bertz CT molecular complexity index is 381. The quantitative estimate of drug-likeness (QED) is 0.615. The molecule has 0 radical (unpaired) electrons. The van der Waals surface area contributed by atoms with Crippen molar-refractivity contribution in [3.63, 3.8) is 0 Å². The van der Waals surface area contributed by atoms with Crippen LogP contribution in [-0.4, -0.2) is 19.2 Å². The lowest BCUT2D eigenvalue weighted by Crippen LogP contribution is -2.27. The molecule has 0 aliphatic rings. The van der Waals surface area contributed by atoms with Gasteiger partial charge in [0.25, 0.3) is 0 Å². The van der Waals surface area contributed by atoms with Crippen molar-refractivity contribution < 1.29 is 14.3 Å². The summed E-state index contributed by atoms with van der Waals surface area (Å²) in [5, 5.41) is 0.666. The molecule has 1 rings (SSSR count).